The Labute approximate surface area is 248 Å². The number of piperazine rings is 1. The van der Waals surface area contributed by atoms with Crippen molar-refractivity contribution in [1.82, 2.24) is 29.2 Å². The molecule has 0 bridgehead atoms. The number of hydrogen-bond donors (Lipinski definition) is 4. The largest absolute Gasteiger partial charge is 0.494 e. The lowest BCUT2D eigenvalue weighted by molar-refractivity contribution is -0.0422. The van der Waals surface area contributed by atoms with Crippen LogP contribution in [0.2, 0.25) is 0 Å². The molecule has 6 aromatic rings. The molecule has 0 saturated carbocycles. The zero-order chi connectivity index (χ0) is 29.3. The zero-order valence-corrected chi connectivity index (χ0v) is 24.3. The van der Waals surface area contributed by atoms with Crippen molar-refractivity contribution in [2.75, 3.05) is 52.9 Å². The van der Waals surface area contributed by atoms with Gasteiger partial charge in [-0.15, -0.1) is 0 Å². The summed E-state index contributed by atoms with van der Waals surface area (Å²) in [6.45, 7) is 6.03. The molecule has 0 spiro atoms. The highest BCUT2D eigenvalue weighted by molar-refractivity contribution is 6.36. The first kappa shape index (κ1) is 26.4. The lowest BCUT2D eigenvalue weighted by atomic mass is 10.0. The number of nitrogens with zero attached hydrogens (tertiary/aromatic N) is 4. The summed E-state index contributed by atoms with van der Waals surface area (Å²) in [5.74, 6) is 0.128. The average Bonchev–Trinajstić information content (AvgIpc) is 3.62. The summed E-state index contributed by atoms with van der Waals surface area (Å²) in [6.07, 6.45) is 2.20. The van der Waals surface area contributed by atoms with Gasteiger partial charge in [-0.05, 0) is 32.1 Å². The Kier molecular flexibility index (Phi) is 6.08. The van der Waals surface area contributed by atoms with Crippen LogP contribution in [-0.2, 0) is 17.8 Å². The maximum atomic E-state index is 12.8. The van der Waals surface area contributed by atoms with Crippen molar-refractivity contribution >= 4 is 60.5 Å². The SMILES string of the molecule is CN1CCN(CCCNC(=O)OCC2(O)Cn3c4ccccc4c4c5c[nH]c(O)c5c5c6ccccc6n(c5c43)C2)CC1. The Bertz CT molecular complexity index is 2030. The van der Waals surface area contributed by atoms with E-state index in [2.05, 4.69) is 54.5 Å². The molecule has 10 heteroatoms. The van der Waals surface area contributed by atoms with Crippen molar-refractivity contribution in [2.24, 2.45) is 0 Å². The Hall–Kier alpha value is -4.25. The fourth-order valence-electron chi connectivity index (χ4n) is 7.36. The van der Waals surface area contributed by atoms with Gasteiger partial charge < -0.3 is 44.2 Å². The van der Waals surface area contributed by atoms with E-state index in [9.17, 15) is 15.0 Å². The van der Waals surface area contributed by atoms with Gasteiger partial charge in [0.05, 0.1) is 29.5 Å². The van der Waals surface area contributed by atoms with E-state index in [1.165, 1.54) is 0 Å². The number of ether oxygens (including phenoxy) is 1. The van der Waals surface area contributed by atoms with Crippen LogP contribution in [0, 0.1) is 0 Å². The van der Waals surface area contributed by atoms with Crippen LogP contribution in [0.25, 0.3) is 54.4 Å². The number of fused-ring (bicyclic) bond motifs is 9. The van der Waals surface area contributed by atoms with Crippen molar-refractivity contribution in [3.63, 3.8) is 0 Å². The number of aromatic amines is 1. The number of carbonyl (C=O) groups is 1. The second kappa shape index (κ2) is 9.90. The molecule has 8 rings (SSSR count). The van der Waals surface area contributed by atoms with Crippen LogP contribution in [0.15, 0.2) is 54.7 Å². The molecule has 1 unspecified atom stereocenters. The van der Waals surface area contributed by atoms with E-state index in [4.69, 9.17) is 4.74 Å². The fourth-order valence-corrected chi connectivity index (χ4v) is 7.36. The van der Waals surface area contributed by atoms with Gasteiger partial charge in [0.25, 0.3) is 0 Å². The monoisotopic (exact) mass is 580 g/mol. The van der Waals surface area contributed by atoms with E-state index >= 15 is 0 Å². The van der Waals surface area contributed by atoms with E-state index in [0.29, 0.717) is 6.54 Å². The number of benzene rings is 3. The van der Waals surface area contributed by atoms with Gasteiger partial charge in [-0.3, -0.25) is 0 Å². The third-order valence-electron chi connectivity index (χ3n) is 9.44. The first-order valence-electron chi connectivity index (χ1n) is 15.1. The summed E-state index contributed by atoms with van der Waals surface area (Å²) in [5.41, 5.74) is 2.52. The molecule has 222 valence electrons. The minimum absolute atomic E-state index is 0.128. The third kappa shape index (κ3) is 4.16. The Morgan fingerprint density at radius 3 is 2.23 bits per heavy atom. The molecule has 43 heavy (non-hydrogen) atoms. The molecule has 1 amide bonds. The van der Waals surface area contributed by atoms with Crippen molar-refractivity contribution < 1.29 is 19.7 Å². The quantitative estimate of drug-likeness (QED) is 0.220. The fraction of sp³-hybridized carbons (Fsp3) is 0.364. The van der Waals surface area contributed by atoms with Gasteiger partial charge in [0, 0.05) is 76.9 Å². The number of aliphatic hydroxyl groups is 1. The molecule has 3 aromatic heterocycles. The minimum Gasteiger partial charge on any atom is -0.494 e. The molecule has 0 aliphatic carbocycles. The van der Waals surface area contributed by atoms with Gasteiger partial charge >= 0.3 is 6.09 Å². The summed E-state index contributed by atoms with van der Waals surface area (Å²) in [5, 5.41) is 31.9. The number of aromatic hydroxyl groups is 1. The highest BCUT2D eigenvalue weighted by atomic mass is 16.6. The Morgan fingerprint density at radius 2 is 1.53 bits per heavy atom. The molecule has 3 aromatic carbocycles. The summed E-state index contributed by atoms with van der Waals surface area (Å²) in [6, 6.07) is 16.3. The lowest BCUT2D eigenvalue weighted by Crippen LogP contribution is -2.45. The zero-order valence-electron chi connectivity index (χ0n) is 24.3. The van der Waals surface area contributed by atoms with Crippen LogP contribution < -0.4 is 5.32 Å². The molecule has 0 radical (unpaired) electrons. The second-order valence-corrected chi connectivity index (χ2v) is 12.3. The van der Waals surface area contributed by atoms with Gasteiger partial charge in [0.15, 0.2) is 5.88 Å². The highest BCUT2D eigenvalue weighted by Crippen LogP contribution is 2.48. The topological polar surface area (TPSA) is 111 Å². The van der Waals surface area contributed by atoms with Gasteiger partial charge in [-0.2, -0.15) is 0 Å². The number of alkyl carbamates (subject to hydrolysis) is 1. The Balaban J connectivity index is 1.14. The molecule has 2 aliphatic rings. The third-order valence-corrected chi connectivity index (χ3v) is 9.44. The maximum absolute atomic E-state index is 12.8. The van der Waals surface area contributed by atoms with Crippen molar-refractivity contribution in [3.8, 4) is 5.88 Å². The number of carbonyl (C=O) groups excluding carboxylic acids is 1. The highest BCUT2D eigenvalue weighted by Gasteiger charge is 2.37. The normalized spacial score (nSPS) is 19.8. The van der Waals surface area contributed by atoms with Crippen molar-refractivity contribution in [2.45, 2.75) is 25.1 Å². The molecular formula is C33H36N6O4. The van der Waals surface area contributed by atoms with Gasteiger partial charge in [-0.25, -0.2) is 4.79 Å². The summed E-state index contributed by atoms with van der Waals surface area (Å²) in [4.78, 5) is 20.6. The van der Waals surface area contributed by atoms with Crippen LogP contribution >= 0.6 is 0 Å². The summed E-state index contributed by atoms with van der Waals surface area (Å²) >= 11 is 0. The van der Waals surface area contributed by atoms with Crippen LogP contribution in [0.4, 0.5) is 4.79 Å². The number of aromatic nitrogens is 3. The van der Waals surface area contributed by atoms with E-state index in [-0.39, 0.29) is 25.6 Å². The number of hydrogen-bond acceptors (Lipinski definition) is 6. The molecule has 1 saturated heterocycles. The maximum Gasteiger partial charge on any atom is 0.407 e. The molecule has 5 heterocycles. The summed E-state index contributed by atoms with van der Waals surface area (Å²) in [7, 11) is 2.14. The summed E-state index contributed by atoms with van der Waals surface area (Å²) < 4.78 is 10.0. The number of H-pyrrole nitrogens is 1. The van der Waals surface area contributed by atoms with Crippen molar-refractivity contribution in [3.05, 3.63) is 54.7 Å². The van der Waals surface area contributed by atoms with Crippen molar-refractivity contribution in [1.29, 1.82) is 0 Å². The molecule has 1 atom stereocenters. The van der Waals surface area contributed by atoms with E-state index in [1.807, 2.05) is 36.5 Å². The van der Waals surface area contributed by atoms with Crippen LogP contribution in [0.1, 0.15) is 6.42 Å². The van der Waals surface area contributed by atoms with Gasteiger partial charge in [-0.1, -0.05) is 36.4 Å². The predicted octanol–water partition coefficient (Wildman–Crippen LogP) is 4.20. The molecule has 4 N–H and O–H groups in total. The van der Waals surface area contributed by atoms with Gasteiger partial charge in [0.1, 0.15) is 12.2 Å². The number of nitrogens with one attached hydrogen (secondary N) is 2. The van der Waals surface area contributed by atoms with E-state index < -0.39 is 11.7 Å². The number of amides is 1. The first-order valence-corrected chi connectivity index (χ1v) is 15.1. The van der Waals surface area contributed by atoms with E-state index in [1.54, 1.807) is 0 Å². The predicted molar refractivity (Wildman–Crippen MR) is 169 cm³/mol. The average molecular weight is 581 g/mol. The molecule has 10 nitrogen and oxygen atoms in total. The first-order chi connectivity index (χ1) is 20.9. The van der Waals surface area contributed by atoms with Crippen LogP contribution in [0.5, 0.6) is 5.88 Å². The lowest BCUT2D eigenvalue weighted by Gasteiger charge is -2.32. The number of rotatable bonds is 6. The number of para-hydroxylation sites is 2. The number of likely N-dealkylation sites (N-methyl/N-ethyl adjacent to an activating group) is 1. The van der Waals surface area contributed by atoms with Crippen LogP contribution in [-0.4, -0.2) is 98.7 Å². The Morgan fingerprint density at radius 1 is 0.907 bits per heavy atom. The smallest absolute Gasteiger partial charge is 0.407 e. The van der Waals surface area contributed by atoms with E-state index in [0.717, 1.165) is 93.5 Å². The van der Waals surface area contributed by atoms with Crippen LogP contribution in [0.3, 0.4) is 0 Å². The molecular weight excluding hydrogens is 544 g/mol. The molecule has 1 fully saturated rings. The standard InChI is InChI=1S/C33H36N6O4/c1-36-13-15-37(16-14-36)12-6-11-34-32(41)43-20-33(42)18-38-24-9-4-2-7-21(24)26-23-17-35-31(40)28(23)27-22-8-3-5-10-25(22)39(19-33)30(27)29(26)38/h2-5,7-10,17,35,40,42H,6,11-16,18-20H2,1H3,(H,34,41). The minimum atomic E-state index is -1.38. The van der Waals surface area contributed by atoms with Gasteiger partial charge in [0.2, 0.25) is 0 Å². The second-order valence-electron chi connectivity index (χ2n) is 12.3. The molecule has 2 aliphatic heterocycles.